The van der Waals surface area contributed by atoms with Gasteiger partial charge in [0, 0.05) is 18.6 Å². The molecule has 16 heavy (non-hydrogen) atoms. The van der Waals surface area contributed by atoms with Gasteiger partial charge in [0.25, 0.3) is 0 Å². The lowest BCUT2D eigenvalue weighted by Gasteiger charge is -2.36. The van der Waals surface area contributed by atoms with Crippen LogP contribution in [0.4, 0.5) is 4.39 Å². The van der Waals surface area contributed by atoms with Crippen LogP contribution in [0.15, 0.2) is 18.2 Å². The second-order valence-electron chi connectivity index (χ2n) is 4.27. The van der Waals surface area contributed by atoms with Crippen molar-refractivity contribution in [3.05, 3.63) is 34.6 Å². The van der Waals surface area contributed by atoms with Crippen molar-refractivity contribution in [2.24, 2.45) is 5.73 Å². The fourth-order valence-corrected chi connectivity index (χ4v) is 2.37. The van der Waals surface area contributed by atoms with Crippen LogP contribution in [0.25, 0.3) is 0 Å². The molecule has 0 bridgehead atoms. The minimum atomic E-state index is -0.394. The maximum Gasteiger partial charge on any atom is 0.141 e. The summed E-state index contributed by atoms with van der Waals surface area (Å²) >= 11 is 5.80. The van der Waals surface area contributed by atoms with E-state index in [1.165, 1.54) is 6.07 Å². The van der Waals surface area contributed by atoms with E-state index in [0.717, 1.165) is 25.0 Å². The molecule has 0 aromatic heterocycles. The Morgan fingerprint density at radius 1 is 1.50 bits per heavy atom. The molecule has 1 aliphatic rings. The van der Waals surface area contributed by atoms with E-state index in [9.17, 15) is 4.39 Å². The van der Waals surface area contributed by atoms with Gasteiger partial charge in [-0.05, 0) is 30.5 Å². The Morgan fingerprint density at radius 3 is 2.88 bits per heavy atom. The fourth-order valence-electron chi connectivity index (χ4n) is 2.18. The minimum Gasteiger partial charge on any atom is -0.380 e. The van der Waals surface area contributed by atoms with E-state index >= 15 is 0 Å². The summed E-state index contributed by atoms with van der Waals surface area (Å²) in [6, 6.07) is 4.81. The van der Waals surface area contributed by atoms with Crippen LogP contribution in [0.2, 0.25) is 5.02 Å². The summed E-state index contributed by atoms with van der Waals surface area (Å²) in [6.07, 6.45) is 1.94. The van der Waals surface area contributed by atoms with E-state index in [0.29, 0.717) is 13.2 Å². The molecular weight excluding hydrogens is 229 g/mol. The molecule has 2 nitrogen and oxygen atoms in total. The maximum absolute atomic E-state index is 13.1. The average molecular weight is 244 g/mol. The van der Waals surface area contributed by atoms with Gasteiger partial charge in [-0.3, -0.25) is 0 Å². The fraction of sp³-hybridized carbons (Fsp3) is 0.500. The Balaban J connectivity index is 2.35. The second-order valence-corrected chi connectivity index (χ2v) is 4.68. The zero-order valence-electron chi connectivity index (χ0n) is 9.01. The normalized spacial score (nSPS) is 25.7. The molecule has 1 fully saturated rings. The highest BCUT2D eigenvalue weighted by Gasteiger charge is 2.33. The molecule has 0 spiro atoms. The predicted octanol–water partition coefficient (Wildman–Crippen LogP) is 2.49. The summed E-state index contributed by atoms with van der Waals surface area (Å²) in [5.41, 5.74) is 6.62. The topological polar surface area (TPSA) is 35.2 Å². The molecule has 1 aliphatic heterocycles. The highest BCUT2D eigenvalue weighted by atomic mass is 35.5. The zero-order valence-corrected chi connectivity index (χ0v) is 9.77. The van der Waals surface area contributed by atoms with Crippen LogP contribution in [0.5, 0.6) is 0 Å². The number of hydrogen-bond donors (Lipinski definition) is 1. The van der Waals surface area contributed by atoms with E-state index in [-0.39, 0.29) is 10.4 Å². The first-order valence-electron chi connectivity index (χ1n) is 5.41. The van der Waals surface area contributed by atoms with Crippen LogP contribution in [0.3, 0.4) is 0 Å². The van der Waals surface area contributed by atoms with Gasteiger partial charge >= 0.3 is 0 Å². The van der Waals surface area contributed by atoms with Gasteiger partial charge in [-0.2, -0.15) is 0 Å². The van der Waals surface area contributed by atoms with E-state index in [2.05, 4.69) is 0 Å². The molecule has 1 saturated heterocycles. The number of nitrogens with two attached hydrogens (primary N) is 1. The lowest BCUT2D eigenvalue weighted by Crippen LogP contribution is -2.42. The predicted molar refractivity (Wildman–Crippen MR) is 62.2 cm³/mol. The number of halogens is 2. The van der Waals surface area contributed by atoms with Gasteiger partial charge in [-0.15, -0.1) is 0 Å². The average Bonchev–Trinajstić information content (AvgIpc) is 2.33. The molecule has 2 N–H and O–H groups in total. The summed E-state index contributed by atoms with van der Waals surface area (Å²) in [6.45, 7) is 1.86. The summed E-state index contributed by atoms with van der Waals surface area (Å²) in [4.78, 5) is 0. The first kappa shape index (κ1) is 11.8. The Hall–Kier alpha value is -0.640. The third kappa shape index (κ3) is 2.08. The van der Waals surface area contributed by atoms with Crippen molar-refractivity contribution in [2.45, 2.75) is 18.3 Å². The Morgan fingerprint density at radius 2 is 2.31 bits per heavy atom. The molecule has 1 unspecified atom stereocenters. The van der Waals surface area contributed by atoms with Gasteiger partial charge in [0.1, 0.15) is 5.82 Å². The van der Waals surface area contributed by atoms with Crippen molar-refractivity contribution in [2.75, 3.05) is 19.8 Å². The van der Waals surface area contributed by atoms with Crippen LogP contribution >= 0.6 is 11.6 Å². The molecule has 0 radical (unpaired) electrons. The summed E-state index contributed by atoms with van der Waals surface area (Å²) in [5, 5.41) is 0.149. The van der Waals surface area contributed by atoms with Gasteiger partial charge in [-0.1, -0.05) is 17.7 Å². The molecule has 2 rings (SSSR count). The van der Waals surface area contributed by atoms with Crippen molar-refractivity contribution in [1.82, 2.24) is 0 Å². The van der Waals surface area contributed by atoms with Gasteiger partial charge in [-0.25, -0.2) is 4.39 Å². The molecule has 1 aromatic rings. The Kier molecular flexibility index (Phi) is 3.47. The zero-order chi connectivity index (χ0) is 11.6. The van der Waals surface area contributed by atoms with Crippen molar-refractivity contribution in [3.63, 3.8) is 0 Å². The van der Waals surface area contributed by atoms with Crippen molar-refractivity contribution in [1.29, 1.82) is 0 Å². The molecule has 88 valence electrons. The van der Waals surface area contributed by atoms with Crippen molar-refractivity contribution >= 4 is 11.6 Å². The Bertz CT molecular complexity index is 377. The van der Waals surface area contributed by atoms with E-state index in [1.54, 1.807) is 12.1 Å². The number of hydrogen-bond acceptors (Lipinski definition) is 2. The summed E-state index contributed by atoms with van der Waals surface area (Å²) in [7, 11) is 0. The van der Waals surface area contributed by atoms with Crippen LogP contribution in [-0.4, -0.2) is 19.8 Å². The molecular formula is C12H15ClFNO. The largest absolute Gasteiger partial charge is 0.380 e. The van der Waals surface area contributed by atoms with Crippen molar-refractivity contribution in [3.8, 4) is 0 Å². The number of benzene rings is 1. The quantitative estimate of drug-likeness (QED) is 0.866. The van der Waals surface area contributed by atoms with Gasteiger partial charge in [0.2, 0.25) is 0 Å². The maximum atomic E-state index is 13.1. The standard InChI is InChI=1S/C12H15ClFNO/c13-10-6-9(2-3-11(10)14)12(7-15)4-1-5-16-8-12/h2-3,6H,1,4-5,7-8,15H2. The van der Waals surface area contributed by atoms with Crippen LogP contribution in [0, 0.1) is 5.82 Å². The molecule has 0 amide bonds. The third-order valence-corrected chi connectivity index (χ3v) is 3.53. The lowest BCUT2D eigenvalue weighted by atomic mass is 9.76. The number of ether oxygens (including phenoxy) is 1. The van der Waals surface area contributed by atoms with Gasteiger partial charge in [0.05, 0.1) is 11.6 Å². The first-order chi connectivity index (χ1) is 7.68. The lowest BCUT2D eigenvalue weighted by molar-refractivity contribution is 0.0377. The highest BCUT2D eigenvalue weighted by molar-refractivity contribution is 6.30. The highest BCUT2D eigenvalue weighted by Crippen LogP contribution is 2.33. The Labute approximate surface area is 99.5 Å². The summed E-state index contributed by atoms with van der Waals surface area (Å²) < 4.78 is 18.6. The smallest absolute Gasteiger partial charge is 0.141 e. The van der Waals surface area contributed by atoms with E-state index in [1.807, 2.05) is 0 Å². The van der Waals surface area contributed by atoms with E-state index < -0.39 is 5.82 Å². The van der Waals surface area contributed by atoms with Crippen LogP contribution in [-0.2, 0) is 10.2 Å². The monoisotopic (exact) mass is 243 g/mol. The molecule has 1 atom stereocenters. The minimum absolute atomic E-state index is 0.149. The van der Waals surface area contributed by atoms with Gasteiger partial charge in [0.15, 0.2) is 0 Å². The van der Waals surface area contributed by atoms with Crippen molar-refractivity contribution < 1.29 is 9.13 Å². The molecule has 1 aromatic carbocycles. The van der Waals surface area contributed by atoms with Gasteiger partial charge < -0.3 is 10.5 Å². The second kappa shape index (κ2) is 4.70. The first-order valence-corrected chi connectivity index (χ1v) is 5.79. The third-order valence-electron chi connectivity index (χ3n) is 3.25. The van der Waals surface area contributed by atoms with Crippen LogP contribution < -0.4 is 5.73 Å². The SMILES string of the molecule is NCC1(c2ccc(F)c(Cl)c2)CCCOC1. The molecule has 0 saturated carbocycles. The molecule has 0 aliphatic carbocycles. The van der Waals surface area contributed by atoms with E-state index in [4.69, 9.17) is 22.1 Å². The van der Waals surface area contributed by atoms with Crippen LogP contribution in [0.1, 0.15) is 18.4 Å². The summed E-state index contributed by atoms with van der Waals surface area (Å²) in [5.74, 6) is -0.394. The molecule has 1 heterocycles. The molecule has 4 heteroatoms. The number of rotatable bonds is 2.